The van der Waals surface area contributed by atoms with E-state index in [2.05, 4.69) is 9.88 Å². The van der Waals surface area contributed by atoms with Crippen LogP contribution < -0.4 is 5.32 Å². The van der Waals surface area contributed by atoms with Gasteiger partial charge in [-0.3, -0.25) is 9.59 Å². The van der Waals surface area contributed by atoms with Gasteiger partial charge in [-0.2, -0.15) is 0 Å². The maximum atomic E-state index is 14.4. The summed E-state index contributed by atoms with van der Waals surface area (Å²) >= 11 is 0. The molecule has 0 aliphatic heterocycles. The highest BCUT2D eigenvalue weighted by Gasteiger charge is 2.31. The van der Waals surface area contributed by atoms with E-state index in [1.807, 2.05) is 135 Å². The van der Waals surface area contributed by atoms with Crippen molar-refractivity contribution in [1.82, 2.24) is 9.47 Å². The monoisotopic (exact) mass is 737 g/mol. The summed E-state index contributed by atoms with van der Waals surface area (Å²) in [5, 5.41) is 25.7. The fourth-order valence-corrected chi connectivity index (χ4v) is 7.17. The van der Waals surface area contributed by atoms with E-state index in [9.17, 15) is 24.2 Å². The number of hydrogen-bond donors (Lipinski definition) is 3. The SMILES string of the molecule is CC(C)c1c(C(=O)Nc2ccccc2)c(-c2ccccc2)c(-c2ccc(F)cc2)n1CCC(O)CC(O)CC(=O)N(Cc1ccccc1)Cc1ccccc1. The standard InChI is InChI=1S/C47H48FN3O4/c1-33(2)45-44(47(55)49-39-21-13-6-14-22-39)43(36-19-11-5-12-20-36)46(37-23-25-38(48)26-24-37)51(45)28-27-40(52)29-41(53)30-42(54)50(31-34-15-7-3-8-16-34)32-35-17-9-4-10-18-35/h3-26,33,40-41,52-53H,27-32H2,1-2H3,(H,49,55). The van der Waals surface area contributed by atoms with Crippen LogP contribution in [0.1, 0.15) is 66.2 Å². The predicted octanol–water partition coefficient (Wildman–Crippen LogP) is 9.46. The molecule has 7 nitrogen and oxygen atoms in total. The summed E-state index contributed by atoms with van der Waals surface area (Å²) in [5.41, 5.74) is 6.88. The lowest BCUT2D eigenvalue weighted by Gasteiger charge is -2.25. The van der Waals surface area contributed by atoms with Crippen LogP contribution in [0.5, 0.6) is 0 Å². The van der Waals surface area contributed by atoms with E-state index >= 15 is 0 Å². The van der Waals surface area contributed by atoms with Crippen LogP contribution in [0.4, 0.5) is 10.1 Å². The van der Waals surface area contributed by atoms with Crippen molar-refractivity contribution < 1.29 is 24.2 Å². The van der Waals surface area contributed by atoms with Crippen molar-refractivity contribution in [3.05, 3.63) is 174 Å². The van der Waals surface area contributed by atoms with Crippen LogP contribution in [0, 0.1) is 5.82 Å². The molecule has 2 amide bonds. The Bertz CT molecular complexity index is 2100. The summed E-state index contributed by atoms with van der Waals surface area (Å²) < 4.78 is 16.3. The first kappa shape index (κ1) is 38.9. The maximum Gasteiger partial charge on any atom is 0.258 e. The van der Waals surface area contributed by atoms with E-state index in [1.165, 1.54) is 12.1 Å². The van der Waals surface area contributed by atoms with Gasteiger partial charge in [0, 0.05) is 36.6 Å². The number of carbonyl (C=O) groups excluding carboxylic acids is 2. The van der Waals surface area contributed by atoms with E-state index < -0.39 is 12.2 Å². The highest BCUT2D eigenvalue weighted by atomic mass is 19.1. The van der Waals surface area contributed by atoms with Crippen LogP contribution in [0.3, 0.4) is 0 Å². The molecule has 2 atom stereocenters. The number of aliphatic hydroxyl groups excluding tert-OH is 2. The van der Waals surface area contributed by atoms with Gasteiger partial charge < -0.3 is 25.0 Å². The van der Waals surface area contributed by atoms with Gasteiger partial charge in [0.15, 0.2) is 0 Å². The number of hydrogen-bond acceptors (Lipinski definition) is 4. The van der Waals surface area contributed by atoms with E-state index in [-0.39, 0.29) is 42.8 Å². The minimum atomic E-state index is -1.07. The highest BCUT2D eigenvalue weighted by molar-refractivity contribution is 6.12. The molecule has 1 aromatic heterocycles. The fourth-order valence-electron chi connectivity index (χ4n) is 7.17. The second-order valence-electron chi connectivity index (χ2n) is 14.2. The average molecular weight is 738 g/mol. The summed E-state index contributed by atoms with van der Waals surface area (Å²) in [5.74, 6) is -0.978. The molecule has 0 fully saturated rings. The summed E-state index contributed by atoms with van der Waals surface area (Å²) in [6.45, 7) is 5.14. The third kappa shape index (κ3) is 10.0. The average Bonchev–Trinajstić information content (AvgIpc) is 3.54. The van der Waals surface area contributed by atoms with Gasteiger partial charge in [-0.15, -0.1) is 0 Å². The van der Waals surface area contributed by atoms with Crippen LogP contribution >= 0.6 is 0 Å². The number of nitrogens with zero attached hydrogens (tertiary/aromatic N) is 2. The van der Waals surface area contributed by atoms with Crippen molar-refractivity contribution >= 4 is 17.5 Å². The van der Waals surface area contributed by atoms with Crippen molar-refractivity contribution in [2.45, 2.75) is 70.9 Å². The molecule has 0 radical (unpaired) electrons. The van der Waals surface area contributed by atoms with Crippen molar-refractivity contribution in [3.63, 3.8) is 0 Å². The molecule has 6 aromatic rings. The number of nitrogens with one attached hydrogen (secondary N) is 1. The quantitative estimate of drug-likeness (QED) is 0.0923. The van der Waals surface area contributed by atoms with Gasteiger partial charge in [0.2, 0.25) is 5.91 Å². The van der Waals surface area contributed by atoms with E-state index in [0.29, 0.717) is 36.4 Å². The number of aromatic nitrogens is 1. The van der Waals surface area contributed by atoms with Crippen LogP contribution in [-0.2, 0) is 24.4 Å². The molecule has 0 bridgehead atoms. The molecular formula is C47H48FN3O4. The van der Waals surface area contributed by atoms with Crippen molar-refractivity contribution in [3.8, 4) is 22.4 Å². The van der Waals surface area contributed by atoms with Gasteiger partial charge in [-0.1, -0.05) is 123 Å². The molecule has 0 saturated heterocycles. The van der Waals surface area contributed by atoms with Gasteiger partial charge >= 0.3 is 0 Å². The van der Waals surface area contributed by atoms with Gasteiger partial charge in [-0.25, -0.2) is 4.39 Å². The number of aliphatic hydroxyl groups is 2. The summed E-state index contributed by atoms with van der Waals surface area (Å²) in [4.78, 5) is 29.7. The highest BCUT2D eigenvalue weighted by Crippen LogP contribution is 2.42. The lowest BCUT2D eigenvalue weighted by molar-refractivity contribution is -0.134. The molecule has 282 valence electrons. The Morgan fingerprint density at radius 3 is 1.76 bits per heavy atom. The van der Waals surface area contributed by atoms with E-state index in [1.54, 1.807) is 17.0 Å². The van der Waals surface area contributed by atoms with E-state index in [0.717, 1.165) is 33.6 Å². The Labute approximate surface area is 322 Å². The zero-order chi connectivity index (χ0) is 38.7. The largest absolute Gasteiger partial charge is 0.393 e. The summed E-state index contributed by atoms with van der Waals surface area (Å²) in [7, 11) is 0. The van der Waals surface area contributed by atoms with Crippen molar-refractivity contribution in [2.75, 3.05) is 5.32 Å². The van der Waals surface area contributed by atoms with Crippen LogP contribution in [-0.4, -0.2) is 43.7 Å². The number of rotatable bonds is 16. The van der Waals surface area contributed by atoms with Crippen LogP contribution in [0.25, 0.3) is 22.4 Å². The Balaban J connectivity index is 1.28. The molecule has 55 heavy (non-hydrogen) atoms. The molecule has 6 rings (SSSR count). The first-order chi connectivity index (χ1) is 26.7. The van der Waals surface area contributed by atoms with Gasteiger partial charge in [0.05, 0.1) is 29.9 Å². The lowest BCUT2D eigenvalue weighted by atomic mass is 9.94. The van der Waals surface area contributed by atoms with Gasteiger partial charge in [-0.05, 0) is 77.4 Å². The molecule has 5 aromatic carbocycles. The van der Waals surface area contributed by atoms with Gasteiger partial charge in [0.1, 0.15) is 5.82 Å². The maximum absolute atomic E-state index is 14.4. The molecule has 8 heteroatoms. The molecule has 0 saturated carbocycles. The van der Waals surface area contributed by atoms with Crippen molar-refractivity contribution in [2.24, 2.45) is 0 Å². The molecule has 3 N–H and O–H groups in total. The number of anilines is 1. The minimum Gasteiger partial charge on any atom is -0.393 e. The minimum absolute atomic E-state index is 0.00664. The topological polar surface area (TPSA) is 94.8 Å². The first-order valence-corrected chi connectivity index (χ1v) is 18.8. The fraction of sp³-hybridized carbons (Fsp3) is 0.234. The molecule has 2 unspecified atom stereocenters. The number of para-hydroxylation sites is 1. The van der Waals surface area contributed by atoms with Crippen LogP contribution in [0.2, 0.25) is 0 Å². The van der Waals surface area contributed by atoms with E-state index in [4.69, 9.17) is 0 Å². The molecule has 1 heterocycles. The number of amides is 2. The molecule has 0 spiro atoms. The molecular weight excluding hydrogens is 690 g/mol. The van der Waals surface area contributed by atoms with Crippen molar-refractivity contribution in [1.29, 1.82) is 0 Å². The zero-order valence-corrected chi connectivity index (χ0v) is 31.3. The smallest absolute Gasteiger partial charge is 0.258 e. The Morgan fingerprint density at radius 1 is 0.691 bits per heavy atom. The zero-order valence-electron chi connectivity index (χ0n) is 31.3. The third-order valence-corrected chi connectivity index (χ3v) is 9.71. The second kappa shape index (κ2) is 18.5. The Morgan fingerprint density at radius 2 is 1.22 bits per heavy atom. The predicted molar refractivity (Wildman–Crippen MR) is 217 cm³/mol. The summed E-state index contributed by atoms with van der Waals surface area (Å²) in [6, 6.07) is 44.7. The Hall–Kier alpha value is -5.83. The lowest BCUT2D eigenvalue weighted by Crippen LogP contribution is -2.33. The number of halogens is 1. The van der Waals surface area contributed by atoms with Gasteiger partial charge in [0.25, 0.3) is 5.91 Å². The molecule has 0 aliphatic rings. The number of carbonyl (C=O) groups is 2. The first-order valence-electron chi connectivity index (χ1n) is 18.8. The van der Waals surface area contributed by atoms with Crippen LogP contribution in [0.15, 0.2) is 146 Å². The summed E-state index contributed by atoms with van der Waals surface area (Å²) in [6.07, 6.45) is -1.94. The molecule has 0 aliphatic carbocycles. The second-order valence-corrected chi connectivity index (χ2v) is 14.2. The number of benzene rings is 5. The normalized spacial score (nSPS) is 12.3. The third-order valence-electron chi connectivity index (χ3n) is 9.71. The Kier molecular flexibility index (Phi) is 13.1.